The standard InChI is InChI=1S/C22H26O5/c1-6-7-16-14-17(21(26-4)22(27-5)20(16)25-3)10-13-19(23)15-8-11-18(24-2)12-9-15/h8-14H,6-7H2,1-5H3. The highest BCUT2D eigenvalue weighted by Gasteiger charge is 2.19. The van der Waals surface area contributed by atoms with Gasteiger partial charge in [0.05, 0.1) is 28.4 Å². The Morgan fingerprint density at radius 1 is 0.889 bits per heavy atom. The van der Waals surface area contributed by atoms with E-state index in [1.165, 1.54) is 6.08 Å². The molecular formula is C22H26O5. The third-order valence-electron chi connectivity index (χ3n) is 4.22. The van der Waals surface area contributed by atoms with Gasteiger partial charge in [-0.05, 0) is 54.5 Å². The first-order valence-electron chi connectivity index (χ1n) is 8.77. The number of aryl methyl sites for hydroxylation is 1. The predicted octanol–water partition coefficient (Wildman–Crippen LogP) is 4.57. The van der Waals surface area contributed by atoms with Crippen LogP contribution in [0.1, 0.15) is 34.8 Å². The van der Waals surface area contributed by atoms with Crippen LogP contribution in [0.3, 0.4) is 0 Å². The molecule has 27 heavy (non-hydrogen) atoms. The monoisotopic (exact) mass is 370 g/mol. The fourth-order valence-corrected chi connectivity index (χ4v) is 2.91. The molecule has 0 heterocycles. The molecule has 5 nitrogen and oxygen atoms in total. The first-order valence-corrected chi connectivity index (χ1v) is 8.77. The average molecular weight is 370 g/mol. The van der Waals surface area contributed by atoms with E-state index >= 15 is 0 Å². The summed E-state index contributed by atoms with van der Waals surface area (Å²) in [7, 11) is 6.35. The summed E-state index contributed by atoms with van der Waals surface area (Å²) in [5.41, 5.74) is 2.36. The fraction of sp³-hybridized carbons (Fsp3) is 0.318. The lowest BCUT2D eigenvalue weighted by Crippen LogP contribution is -2.01. The molecule has 0 aromatic heterocycles. The van der Waals surface area contributed by atoms with Gasteiger partial charge in [0, 0.05) is 11.1 Å². The topological polar surface area (TPSA) is 54.0 Å². The van der Waals surface area contributed by atoms with Crippen molar-refractivity contribution < 1.29 is 23.7 Å². The Labute approximate surface area is 160 Å². The predicted molar refractivity (Wildman–Crippen MR) is 106 cm³/mol. The SMILES string of the molecule is CCCc1cc(C=CC(=O)c2ccc(OC)cc2)c(OC)c(OC)c1OC. The van der Waals surface area contributed by atoms with Crippen LogP contribution < -0.4 is 18.9 Å². The van der Waals surface area contributed by atoms with Crippen molar-refractivity contribution in [2.75, 3.05) is 28.4 Å². The van der Waals surface area contributed by atoms with E-state index in [0.29, 0.717) is 28.6 Å². The molecule has 0 aliphatic rings. The molecule has 0 N–H and O–H groups in total. The molecule has 0 saturated heterocycles. The fourth-order valence-electron chi connectivity index (χ4n) is 2.91. The lowest BCUT2D eigenvalue weighted by atomic mass is 10.0. The van der Waals surface area contributed by atoms with E-state index in [2.05, 4.69) is 6.92 Å². The van der Waals surface area contributed by atoms with Crippen molar-refractivity contribution in [3.63, 3.8) is 0 Å². The Balaban J connectivity index is 2.42. The molecule has 0 atom stereocenters. The van der Waals surface area contributed by atoms with E-state index in [-0.39, 0.29) is 5.78 Å². The lowest BCUT2D eigenvalue weighted by molar-refractivity contribution is 0.104. The Morgan fingerprint density at radius 2 is 1.52 bits per heavy atom. The number of rotatable bonds is 9. The molecule has 0 spiro atoms. The van der Waals surface area contributed by atoms with Crippen molar-refractivity contribution in [2.24, 2.45) is 0 Å². The summed E-state index contributed by atoms with van der Waals surface area (Å²) in [6.07, 6.45) is 5.06. The molecular weight excluding hydrogens is 344 g/mol. The van der Waals surface area contributed by atoms with Crippen LogP contribution in [0.4, 0.5) is 0 Å². The van der Waals surface area contributed by atoms with Crippen molar-refractivity contribution in [3.05, 3.63) is 53.1 Å². The zero-order chi connectivity index (χ0) is 19.8. The van der Waals surface area contributed by atoms with Gasteiger partial charge in [-0.15, -0.1) is 0 Å². The van der Waals surface area contributed by atoms with Crippen LogP contribution in [0.25, 0.3) is 6.08 Å². The third-order valence-corrected chi connectivity index (χ3v) is 4.22. The van der Waals surface area contributed by atoms with Crippen molar-refractivity contribution in [2.45, 2.75) is 19.8 Å². The molecule has 0 radical (unpaired) electrons. The molecule has 2 aromatic carbocycles. The first-order chi connectivity index (χ1) is 13.1. The molecule has 2 rings (SSSR count). The summed E-state index contributed by atoms with van der Waals surface area (Å²) >= 11 is 0. The number of hydrogen-bond acceptors (Lipinski definition) is 5. The third kappa shape index (κ3) is 4.61. The van der Waals surface area contributed by atoms with Gasteiger partial charge in [-0.1, -0.05) is 13.3 Å². The number of ether oxygens (including phenoxy) is 4. The van der Waals surface area contributed by atoms with Gasteiger partial charge in [0.25, 0.3) is 0 Å². The minimum atomic E-state index is -0.105. The highest BCUT2D eigenvalue weighted by molar-refractivity contribution is 6.07. The molecule has 0 amide bonds. The Hall–Kier alpha value is -2.95. The number of carbonyl (C=O) groups is 1. The first kappa shape index (κ1) is 20.4. The second-order valence-corrected chi connectivity index (χ2v) is 5.90. The van der Waals surface area contributed by atoms with Crippen molar-refractivity contribution in [1.82, 2.24) is 0 Å². The van der Waals surface area contributed by atoms with Gasteiger partial charge in [0.1, 0.15) is 5.75 Å². The molecule has 0 aliphatic carbocycles. The Bertz CT molecular complexity index is 806. The number of hydrogen-bond donors (Lipinski definition) is 0. The Morgan fingerprint density at radius 3 is 2.04 bits per heavy atom. The van der Waals surface area contributed by atoms with Crippen LogP contribution in [0.15, 0.2) is 36.4 Å². The molecule has 0 saturated carbocycles. The minimum absolute atomic E-state index is 0.105. The summed E-state index contributed by atoms with van der Waals surface area (Å²) in [6.45, 7) is 2.10. The van der Waals surface area contributed by atoms with Crippen LogP contribution >= 0.6 is 0 Å². The molecule has 0 unspecified atom stereocenters. The van der Waals surface area contributed by atoms with Crippen molar-refractivity contribution in [1.29, 1.82) is 0 Å². The number of ketones is 1. The Kier molecular flexibility index (Phi) is 7.29. The summed E-state index contributed by atoms with van der Waals surface area (Å²) in [4.78, 5) is 12.5. The normalized spacial score (nSPS) is 10.7. The second kappa shape index (κ2) is 9.67. The molecule has 0 bridgehead atoms. The maximum absolute atomic E-state index is 12.5. The zero-order valence-electron chi connectivity index (χ0n) is 16.5. The van der Waals surface area contributed by atoms with Crippen LogP contribution in [0.5, 0.6) is 23.0 Å². The van der Waals surface area contributed by atoms with Crippen LogP contribution in [-0.2, 0) is 6.42 Å². The van der Waals surface area contributed by atoms with Gasteiger partial charge in [-0.3, -0.25) is 4.79 Å². The average Bonchev–Trinajstić information content (AvgIpc) is 2.71. The number of allylic oxidation sites excluding steroid dienone is 1. The van der Waals surface area contributed by atoms with Crippen LogP contribution in [0.2, 0.25) is 0 Å². The largest absolute Gasteiger partial charge is 0.497 e. The summed E-state index contributed by atoms with van der Waals surface area (Å²) in [6, 6.07) is 8.97. The molecule has 144 valence electrons. The lowest BCUT2D eigenvalue weighted by Gasteiger charge is -2.18. The van der Waals surface area contributed by atoms with Gasteiger partial charge in [-0.2, -0.15) is 0 Å². The van der Waals surface area contributed by atoms with Gasteiger partial charge in [-0.25, -0.2) is 0 Å². The summed E-state index contributed by atoms with van der Waals surface area (Å²) < 4.78 is 21.7. The molecule has 2 aromatic rings. The van der Waals surface area contributed by atoms with Gasteiger partial charge in [0.2, 0.25) is 5.75 Å². The highest BCUT2D eigenvalue weighted by Crippen LogP contribution is 2.43. The number of benzene rings is 2. The maximum Gasteiger partial charge on any atom is 0.204 e. The second-order valence-electron chi connectivity index (χ2n) is 5.90. The van der Waals surface area contributed by atoms with Crippen molar-refractivity contribution >= 4 is 11.9 Å². The van der Waals surface area contributed by atoms with E-state index < -0.39 is 0 Å². The number of carbonyl (C=O) groups excluding carboxylic acids is 1. The van der Waals surface area contributed by atoms with E-state index in [9.17, 15) is 4.79 Å². The summed E-state index contributed by atoms with van der Waals surface area (Å²) in [5.74, 6) is 2.33. The molecule has 0 fully saturated rings. The summed E-state index contributed by atoms with van der Waals surface area (Å²) in [5, 5.41) is 0. The number of methoxy groups -OCH3 is 4. The molecule has 5 heteroatoms. The highest BCUT2D eigenvalue weighted by atomic mass is 16.5. The quantitative estimate of drug-likeness (QED) is 0.478. The van der Waals surface area contributed by atoms with Gasteiger partial charge in [0.15, 0.2) is 17.3 Å². The van der Waals surface area contributed by atoms with Gasteiger partial charge >= 0.3 is 0 Å². The smallest absolute Gasteiger partial charge is 0.204 e. The van der Waals surface area contributed by atoms with Gasteiger partial charge < -0.3 is 18.9 Å². The minimum Gasteiger partial charge on any atom is -0.497 e. The van der Waals surface area contributed by atoms with E-state index in [1.54, 1.807) is 58.8 Å². The maximum atomic E-state index is 12.5. The molecule has 0 aliphatic heterocycles. The van der Waals surface area contributed by atoms with E-state index in [0.717, 1.165) is 24.0 Å². The van der Waals surface area contributed by atoms with Crippen LogP contribution in [0, 0.1) is 0 Å². The van der Waals surface area contributed by atoms with E-state index in [1.807, 2.05) is 6.07 Å². The van der Waals surface area contributed by atoms with Crippen LogP contribution in [-0.4, -0.2) is 34.2 Å². The van der Waals surface area contributed by atoms with Crippen molar-refractivity contribution in [3.8, 4) is 23.0 Å². The van der Waals surface area contributed by atoms with E-state index in [4.69, 9.17) is 18.9 Å². The zero-order valence-corrected chi connectivity index (χ0v) is 16.5.